The van der Waals surface area contributed by atoms with E-state index in [0.29, 0.717) is 12.4 Å². The Balaban J connectivity index is 1.84. The molecule has 0 fully saturated rings. The Kier molecular flexibility index (Phi) is 4.07. The van der Waals surface area contributed by atoms with Crippen molar-refractivity contribution < 1.29 is 9.53 Å². The van der Waals surface area contributed by atoms with E-state index in [1.807, 2.05) is 19.3 Å². The largest absolute Gasteiger partial charge is 0.464 e. The van der Waals surface area contributed by atoms with Crippen LogP contribution >= 0.6 is 0 Å². The summed E-state index contributed by atoms with van der Waals surface area (Å²) in [4.78, 5) is 11.2. The topological polar surface area (TPSA) is 81.9 Å². The Bertz CT molecular complexity index is 550. The highest BCUT2D eigenvalue weighted by Gasteiger charge is 2.07. The monoisotopic (exact) mass is 261 g/mol. The maximum atomic E-state index is 11.2. The molecule has 0 saturated heterocycles. The van der Waals surface area contributed by atoms with Crippen molar-refractivity contribution >= 4 is 11.8 Å². The van der Waals surface area contributed by atoms with Crippen molar-refractivity contribution in [1.82, 2.24) is 20.0 Å². The summed E-state index contributed by atoms with van der Waals surface area (Å²) in [7, 11) is 3.19. The standard InChI is InChI=1S/C12H15N5O2/c1-17-8-6-9(16-17)5-7-13-11-4-3-10(14-15-11)12(18)19-2/h3-4,6,8H,5,7H2,1-2H3,(H,13,15). The molecule has 0 bridgehead atoms. The van der Waals surface area contributed by atoms with Crippen LogP contribution in [0.15, 0.2) is 24.4 Å². The molecule has 19 heavy (non-hydrogen) atoms. The molecule has 0 unspecified atom stereocenters. The van der Waals surface area contributed by atoms with Crippen LogP contribution in [0.4, 0.5) is 5.82 Å². The van der Waals surface area contributed by atoms with Crippen molar-refractivity contribution in [3.63, 3.8) is 0 Å². The predicted molar refractivity (Wildman–Crippen MR) is 68.8 cm³/mol. The lowest BCUT2D eigenvalue weighted by Gasteiger charge is -2.03. The quantitative estimate of drug-likeness (QED) is 0.796. The van der Waals surface area contributed by atoms with Crippen LogP contribution in [-0.2, 0) is 18.2 Å². The minimum absolute atomic E-state index is 0.192. The van der Waals surface area contributed by atoms with E-state index in [1.165, 1.54) is 7.11 Å². The number of carbonyl (C=O) groups is 1. The molecule has 0 aromatic carbocycles. The first-order valence-corrected chi connectivity index (χ1v) is 5.83. The second-order valence-corrected chi connectivity index (χ2v) is 3.95. The number of hydrogen-bond donors (Lipinski definition) is 1. The molecule has 7 heteroatoms. The van der Waals surface area contributed by atoms with E-state index >= 15 is 0 Å². The molecule has 0 aliphatic rings. The molecule has 7 nitrogen and oxygen atoms in total. The van der Waals surface area contributed by atoms with Crippen molar-refractivity contribution in [3.8, 4) is 0 Å². The fourth-order valence-electron chi connectivity index (χ4n) is 1.56. The number of anilines is 1. The zero-order valence-electron chi connectivity index (χ0n) is 10.8. The fraction of sp³-hybridized carbons (Fsp3) is 0.333. The Morgan fingerprint density at radius 1 is 1.37 bits per heavy atom. The second kappa shape index (κ2) is 5.94. The normalized spacial score (nSPS) is 10.2. The molecule has 0 aliphatic heterocycles. The summed E-state index contributed by atoms with van der Waals surface area (Å²) in [5.74, 6) is 0.121. The second-order valence-electron chi connectivity index (χ2n) is 3.95. The van der Waals surface area contributed by atoms with Gasteiger partial charge in [-0.2, -0.15) is 5.10 Å². The summed E-state index contributed by atoms with van der Waals surface area (Å²) in [6, 6.07) is 5.23. The van der Waals surface area contributed by atoms with Crippen molar-refractivity contribution in [2.45, 2.75) is 6.42 Å². The summed E-state index contributed by atoms with van der Waals surface area (Å²) in [5, 5.41) is 15.1. The van der Waals surface area contributed by atoms with Gasteiger partial charge in [0.25, 0.3) is 0 Å². The molecular weight excluding hydrogens is 246 g/mol. The third-order valence-corrected chi connectivity index (χ3v) is 2.52. The maximum Gasteiger partial charge on any atom is 0.358 e. The van der Waals surface area contributed by atoms with Gasteiger partial charge < -0.3 is 10.1 Å². The summed E-state index contributed by atoms with van der Waals surface area (Å²) in [6.07, 6.45) is 2.70. The number of rotatable bonds is 5. The fourth-order valence-corrected chi connectivity index (χ4v) is 1.56. The van der Waals surface area contributed by atoms with Crippen molar-refractivity contribution in [2.75, 3.05) is 19.0 Å². The number of carbonyl (C=O) groups excluding carboxylic acids is 1. The number of hydrogen-bond acceptors (Lipinski definition) is 6. The van der Waals surface area contributed by atoms with Crippen molar-refractivity contribution in [3.05, 3.63) is 35.8 Å². The van der Waals surface area contributed by atoms with Gasteiger partial charge in [0.15, 0.2) is 5.69 Å². The molecule has 1 N–H and O–H groups in total. The third kappa shape index (κ3) is 3.51. The van der Waals surface area contributed by atoms with Gasteiger partial charge >= 0.3 is 5.97 Å². The lowest BCUT2D eigenvalue weighted by Crippen LogP contribution is -2.10. The molecule has 0 saturated carbocycles. The van der Waals surface area contributed by atoms with Gasteiger partial charge in [0.2, 0.25) is 0 Å². The van der Waals surface area contributed by atoms with E-state index in [2.05, 4.69) is 25.3 Å². The lowest BCUT2D eigenvalue weighted by molar-refractivity contribution is 0.0593. The van der Waals surface area contributed by atoms with Crippen LogP contribution in [0.3, 0.4) is 0 Å². The van der Waals surface area contributed by atoms with Gasteiger partial charge in [0, 0.05) is 26.2 Å². The number of aromatic nitrogens is 4. The molecule has 0 radical (unpaired) electrons. The van der Waals surface area contributed by atoms with Gasteiger partial charge in [-0.15, -0.1) is 10.2 Å². The van der Waals surface area contributed by atoms with Gasteiger partial charge in [0.05, 0.1) is 12.8 Å². The highest BCUT2D eigenvalue weighted by molar-refractivity contribution is 5.86. The smallest absolute Gasteiger partial charge is 0.358 e. The van der Waals surface area contributed by atoms with Crippen LogP contribution in [0.1, 0.15) is 16.2 Å². The van der Waals surface area contributed by atoms with E-state index in [1.54, 1.807) is 16.8 Å². The lowest BCUT2D eigenvalue weighted by atomic mass is 10.3. The summed E-state index contributed by atoms with van der Waals surface area (Å²) in [5.41, 5.74) is 1.20. The van der Waals surface area contributed by atoms with E-state index in [9.17, 15) is 4.79 Å². The highest BCUT2D eigenvalue weighted by atomic mass is 16.5. The van der Waals surface area contributed by atoms with E-state index in [0.717, 1.165) is 12.1 Å². The number of nitrogens with zero attached hydrogens (tertiary/aromatic N) is 4. The minimum Gasteiger partial charge on any atom is -0.464 e. The summed E-state index contributed by atoms with van der Waals surface area (Å²) >= 11 is 0. The maximum absolute atomic E-state index is 11.2. The van der Waals surface area contributed by atoms with Crippen LogP contribution in [0.25, 0.3) is 0 Å². The highest BCUT2D eigenvalue weighted by Crippen LogP contribution is 2.03. The van der Waals surface area contributed by atoms with Crippen LogP contribution in [0.2, 0.25) is 0 Å². The molecule has 2 aromatic heterocycles. The van der Waals surface area contributed by atoms with E-state index in [4.69, 9.17) is 0 Å². The number of aryl methyl sites for hydroxylation is 1. The van der Waals surface area contributed by atoms with Gasteiger partial charge in [-0.3, -0.25) is 4.68 Å². The molecule has 100 valence electrons. The Morgan fingerprint density at radius 3 is 2.79 bits per heavy atom. The van der Waals surface area contributed by atoms with E-state index in [-0.39, 0.29) is 5.69 Å². The first-order valence-electron chi connectivity index (χ1n) is 5.83. The number of nitrogens with one attached hydrogen (secondary N) is 1. The molecule has 2 rings (SSSR count). The molecule has 0 amide bonds. The minimum atomic E-state index is -0.493. The summed E-state index contributed by atoms with van der Waals surface area (Å²) < 4.78 is 6.31. The molecule has 2 aromatic rings. The first kappa shape index (κ1) is 13.0. The summed E-state index contributed by atoms with van der Waals surface area (Å²) in [6.45, 7) is 0.698. The first-order chi connectivity index (χ1) is 9.19. The van der Waals surface area contributed by atoms with Crippen LogP contribution in [0.5, 0.6) is 0 Å². The van der Waals surface area contributed by atoms with Gasteiger partial charge in [-0.05, 0) is 18.2 Å². The average Bonchev–Trinajstić information content (AvgIpc) is 2.84. The van der Waals surface area contributed by atoms with Gasteiger partial charge in [-0.25, -0.2) is 4.79 Å². The Morgan fingerprint density at radius 2 is 2.21 bits per heavy atom. The van der Waals surface area contributed by atoms with Crippen LogP contribution < -0.4 is 5.32 Å². The molecule has 0 aliphatic carbocycles. The Hall–Kier alpha value is -2.44. The Labute approximate surface area is 110 Å². The third-order valence-electron chi connectivity index (χ3n) is 2.52. The van der Waals surface area contributed by atoms with Gasteiger partial charge in [0.1, 0.15) is 5.82 Å². The van der Waals surface area contributed by atoms with Gasteiger partial charge in [-0.1, -0.05) is 0 Å². The van der Waals surface area contributed by atoms with Crippen LogP contribution in [-0.4, -0.2) is 39.6 Å². The zero-order chi connectivity index (χ0) is 13.7. The molecule has 0 atom stereocenters. The average molecular weight is 261 g/mol. The number of esters is 1. The number of ether oxygens (including phenoxy) is 1. The van der Waals surface area contributed by atoms with Crippen molar-refractivity contribution in [1.29, 1.82) is 0 Å². The molecular formula is C12H15N5O2. The molecule has 0 spiro atoms. The molecule has 2 heterocycles. The van der Waals surface area contributed by atoms with Crippen LogP contribution in [0, 0.1) is 0 Å². The van der Waals surface area contributed by atoms with E-state index < -0.39 is 5.97 Å². The predicted octanol–water partition coefficient (Wildman–Crippen LogP) is 0.651. The zero-order valence-corrected chi connectivity index (χ0v) is 10.8. The van der Waals surface area contributed by atoms with Crippen molar-refractivity contribution in [2.24, 2.45) is 7.05 Å². The number of methoxy groups -OCH3 is 1. The SMILES string of the molecule is COC(=O)c1ccc(NCCc2ccn(C)n2)nn1.